The molecule has 0 aromatic carbocycles. The Hall–Kier alpha value is -1.09. The number of nitrogens with one attached hydrogen (secondary N) is 1. The zero-order chi connectivity index (χ0) is 12.1. The van der Waals surface area contributed by atoms with E-state index in [2.05, 4.69) is 11.4 Å². The average Bonchev–Trinajstić information content (AvgIpc) is 2.78. The monoisotopic (exact) mass is 249 g/mol. The van der Waals surface area contributed by atoms with Crippen LogP contribution in [0.15, 0.2) is 17.5 Å². The summed E-state index contributed by atoms with van der Waals surface area (Å²) in [5.74, 6) is 0.105. The van der Waals surface area contributed by atoms with Gasteiger partial charge in [0.1, 0.15) is 0 Å². The largest absolute Gasteiger partial charge is 0.352 e. The maximum atomic E-state index is 12.0. The van der Waals surface area contributed by atoms with Gasteiger partial charge in [-0.2, -0.15) is 0 Å². The van der Waals surface area contributed by atoms with Crippen molar-refractivity contribution in [2.75, 3.05) is 6.54 Å². The molecule has 92 valence electrons. The second-order valence-corrected chi connectivity index (χ2v) is 5.34. The van der Waals surface area contributed by atoms with E-state index in [0.29, 0.717) is 0 Å². The molecule has 1 N–H and O–H groups in total. The maximum absolute atomic E-state index is 12.0. The molecule has 0 bridgehead atoms. The zero-order valence-electron chi connectivity index (χ0n) is 10.3. The fraction of sp³-hybridized carbons (Fsp3) is 0.500. The number of carbonyl (C=O) groups is 1. The molecule has 2 rings (SSSR count). The molecule has 1 amide bonds. The van der Waals surface area contributed by atoms with Crippen molar-refractivity contribution >= 4 is 17.2 Å². The highest BCUT2D eigenvalue weighted by Gasteiger charge is 2.19. The van der Waals surface area contributed by atoms with Crippen molar-refractivity contribution in [2.45, 2.75) is 39.0 Å². The van der Waals surface area contributed by atoms with Crippen molar-refractivity contribution in [1.29, 1.82) is 0 Å². The summed E-state index contributed by atoms with van der Waals surface area (Å²) in [6.45, 7) is 2.73. The van der Waals surface area contributed by atoms with Gasteiger partial charge in [0.25, 0.3) is 5.91 Å². The average molecular weight is 249 g/mol. The lowest BCUT2D eigenvalue weighted by atomic mass is 9.96. The van der Waals surface area contributed by atoms with Gasteiger partial charge in [-0.3, -0.25) is 4.79 Å². The summed E-state index contributed by atoms with van der Waals surface area (Å²) in [4.78, 5) is 13.4. The maximum Gasteiger partial charge on any atom is 0.252 e. The van der Waals surface area contributed by atoms with Gasteiger partial charge in [-0.25, -0.2) is 0 Å². The standard InChI is InChI=1S/C14H19NOS/c1-2-3-6-9-15-14(16)12-10-17-13-8-5-4-7-11(12)13/h2-3,10H,4-9H2,1H3,(H,15,16)/b3-2+. The van der Waals surface area contributed by atoms with Crippen LogP contribution in [0.25, 0.3) is 0 Å². The van der Waals surface area contributed by atoms with E-state index in [0.717, 1.165) is 31.4 Å². The third-order valence-corrected chi connectivity index (χ3v) is 4.23. The van der Waals surface area contributed by atoms with Gasteiger partial charge in [-0.15, -0.1) is 11.3 Å². The molecule has 0 spiro atoms. The van der Waals surface area contributed by atoms with Gasteiger partial charge in [-0.05, 0) is 44.6 Å². The van der Waals surface area contributed by atoms with E-state index in [1.54, 1.807) is 11.3 Å². The summed E-state index contributed by atoms with van der Waals surface area (Å²) < 4.78 is 0. The quantitative estimate of drug-likeness (QED) is 0.643. The van der Waals surface area contributed by atoms with E-state index < -0.39 is 0 Å². The Kier molecular flexibility index (Phi) is 4.37. The molecule has 0 unspecified atom stereocenters. The summed E-state index contributed by atoms with van der Waals surface area (Å²) in [6, 6.07) is 0. The molecule has 0 saturated heterocycles. The van der Waals surface area contributed by atoms with Crippen LogP contribution < -0.4 is 5.32 Å². The summed E-state index contributed by atoms with van der Waals surface area (Å²) >= 11 is 1.75. The fourth-order valence-electron chi connectivity index (χ4n) is 2.22. The first-order valence-corrected chi connectivity index (χ1v) is 7.19. The summed E-state index contributed by atoms with van der Waals surface area (Å²) in [7, 11) is 0. The van der Waals surface area contributed by atoms with Crippen LogP contribution in [0.4, 0.5) is 0 Å². The topological polar surface area (TPSA) is 29.1 Å². The number of allylic oxidation sites excluding steroid dienone is 1. The molecule has 0 aliphatic heterocycles. The third-order valence-electron chi connectivity index (χ3n) is 3.14. The number of aryl methyl sites for hydroxylation is 1. The van der Waals surface area contributed by atoms with Crippen LogP contribution in [0.1, 0.15) is 47.0 Å². The van der Waals surface area contributed by atoms with Crippen molar-refractivity contribution < 1.29 is 4.79 Å². The number of hydrogen-bond acceptors (Lipinski definition) is 2. The lowest BCUT2D eigenvalue weighted by Gasteiger charge is -2.12. The molecule has 0 saturated carbocycles. The van der Waals surface area contributed by atoms with Crippen LogP contribution in [0.3, 0.4) is 0 Å². The Morgan fingerprint density at radius 2 is 2.29 bits per heavy atom. The summed E-state index contributed by atoms with van der Waals surface area (Å²) in [6.07, 6.45) is 9.73. The second-order valence-electron chi connectivity index (χ2n) is 4.37. The van der Waals surface area contributed by atoms with Crippen molar-refractivity contribution in [1.82, 2.24) is 5.32 Å². The van der Waals surface area contributed by atoms with Crippen molar-refractivity contribution in [3.05, 3.63) is 33.5 Å². The Morgan fingerprint density at radius 3 is 3.12 bits per heavy atom. The normalized spacial score (nSPS) is 14.9. The molecular formula is C14H19NOS. The second kappa shape index (κ2) is 6.01. The van der Waals surface area contributed by atoms with Gasteiger partial charge < -0.3 is 5.32 Å². The van der Waals surface area contributed by atoms with E-state index in [9.17, 15) is 4.79 Å². The Balaban J connectivity index is 1.97. The van der Waals surface area contributed by atoms with E-state index in [4.69, 9.17) is 0 Å². The van der Waals surface area contributed by atoms with Crippen LogP contribution in [0.2, 0.25) is 0 Å². The minimum absolute atomic E-state index is 0.105. The molecule has 0 radical (unpaired) electrons. The summed E-state index contributed by atoms with van der Waals surface area (Å²) in [5, 5.41) is 5.02. The SMILES string of the molecule is C/C=C/CCNC(=O)c1csc2c1CCCC2. The van der Waals surface area contributed by atoms with Crippen molar-refractivity contribution in [3.8, 4) is 0 Å². The van der Waals surface area contributed by atoms with Crippen LogP contribution in [-0.2, 0) is 12.8 Å². The molecule has 1 aliphatic carbocycles. The van der Waals surface area contributed by atoms with E-state index in [1.165, 1.54) is 23.3 Å². The highest BCUT2D eigenvalue weighted by Crippen LogP contribution is 2.29. The van der Waals surface area contributed by atoms with Gasteiger partial charge in [0.2, 0.25) is 0 Å². The van der Waals surface area contributed by atoms with Crippen LogP contribution >= 0.6 is 11.3 Å². The van der Waals surface area contributed by atoms with Crippen LogP contribution in [-0.4, -0.2) is 12.5 Å². The molecule has 17 heavy (non-hydrogen) atoms. The zero-order valence-corrected chi connectivity index (χ0v) is 11.1. The molecule has 1 aromatic heterocycles. The van der Waals surface area contributed by atoms with Crippen LogP contribution in [0.5, 0.6) is 0 Å². The molecular weight excluding hydrogens is 230 g/mol. The lowest BCUT2D eigenvalue weighted by Crippen LogP contribution is -2.25. The first-order chi connectivity index (χ1) is 8.33. The minimum Gasteiger partial charge on any atom is -0.352 e. The van der Waals surface area contributed by atoms with E-state index >= 15 is 0 Å². The van der Waals surface area contributed by atoms with Crippen LogP contribution in [0, 0.1) is 0 Å². The smallest absolute Gasteiger partial charge is 0.252 e. The minimum atomic E-state index is 0.105. The number of rotatable bonds is 4. The number of thiophene rings is 1. The molecule has 2 nitrogen and oxygen atoms in total. The number of fused-ring (bicyclic) bond motifs is 1. The molecule has 3 heteroatoms. The Labute approximate surface area is 107 Å². The Morgan fingerprint density at radius 1 is 1.47 bits per heavy atom. The first-order valence-electron chi connectivity index (χ1n) is 6.31. The van der Waals surface area contributed by atoms with Crippen molar-refractivity contribution in [2.24, 2.45) is 0 Å². The van der Waals surface area contributed by atoms with Crippen molar-refractivity contribution in [3.63, 3.8) is 0 Å². The predicted octanol–water partition coefficient (Wildman–Crippen LogP) is 3.32. The van der Waals surface area contributed by atoms with Gasteiger partial charge in [0.05, 0.1) is 5.56 Å². The van der Waals surface area contributed by atoms with Gasteiger partial charge in [-0.1, -0.05) is 12.2 Å². The fourth-order valence-corrected chi connectivity index (χ4v) is 3.34. The highest BCUT2D eigenvalue weighted by atomic mass is 32.1. The number of amides is 1. The molecule has 0 fully saturated rings. The molecule has 1 heterocycles. The highest BCUT2D eigenvalue weighted by molar-refractivity contribution is 7.10. The lowest BCUT2D eigenvalue weighted by molar-refractivity contribution is 0.0953. The molecule has 1 aliphatic rings. The molecule has 1 aromatic rings. The third kappa shape index (κ3) is 2.97. The van der Waals surface area contributed by atoms with Gasteiger partial charge >= 0.3 is 0 Å². The van der Waals surface area contributed by atoms with Gasteiger partial charge in [0, 0.05) is 16.8 Å². The van der Waals surface area contributed by atoms with E-state index in [1.807, 2.05) is 18.4 Å². The molecule has 0 atom stereocenters. The Bertz CT molecular complexity index is 420. The first kappa shape index (κ1) is 12.4. The number of hydrogen-bond donors (Lipinski definition) is 1. The summed E-state index contributed by atoms with van der Waals surface area (Å²) in [5.41, 5.74) is 2.23. The van der Waals surface area contributed by atoms with Gasteiger partial charge in [0.15, 0.2) is 0 Å². The van der Waals surface area contributed by atoms with E-state index in [-0.39, 0.29) is 5.91 Å². The predicted molar refractivity (Wildman–Crippen MR) is 72.7 cm³/mol. The number of carbonyl (C=O) groups excluding carboxylic acids is 1.